The average Bonchev–Trinajstić information content (AvgIpc) is 3.00. The molecule has 1 unspecified atom stereocenters. The third kappa shape index (κ3) is 4.55. The number of anilines is 1. The van der Waals surface area contributed by atoms with Crippen LogP contribution in [0.3, 0.4) is 0 Å². The van der Waals surface area contributed by atoms with Gasteiger partial charge in [-0.25, -0.2) is 0 Å². The van der Waals surface area contributed by atoms with Crippen LogP contribution in [0, 0.1) is 5.92 Å². The predicted molar refractivity (Wildman–Crippen MR) is 96.7 cm³/mol. The van der Waals surface area contributed by atoms with Gasteiger partial charge in [0.2, 0.25) is 11.8 Å². The summed E-state index contributed by atoms with van der Waals surface area (Å²) in [5, 5.41) is 5.94. The molecule has 1 atom stereocenters. The zero-order chi connectivity index (χ0) is 16.9. The number of hydrogen-bond acceptors (Lipinski definition) is 5. The van der Waals surface area contributed by atoms with Crippen molar-refractivity contribution >= 4 is 29.9 Å². The molecule has 0 aliphatic carbocycles. The van der Waals surface area contributed by atoms with Crippen LogP contribution in [0.4, 0.5) is 5.69 Å². The van der Waals surface area contributed by atoms with Crippen LogP contribution in [0.15, 0.2) is 18.2 Å². The van der Waals surface area contributed by atoms with Crippen LogP contribution in [-0.4, -0.2) is 51.7 Å². The Labute approximate surface area is 153 Å². The van der Waals surface area contributed by atoms with Gasteiger partial charge in [-0.15, -0.1) is 12.4 Å². The van der Waals surface area contributed by atoms with Crippen molar-refractivity contribution in [3.05, 3.63) is 18.2 Å². The number of carbonyl (C=O) groups is 2. The maximum atomic E-state index is 12.3. The quantitative estimate of drug-likeness (QED) is 0.730. The SMILES string of the molecule is CNCCCNC(=O)C1CC(=O)N(c2ccc3c(c2)OCCO3)C1.Cl. The lowest BCUT2D eigenvalue weighted by atomic mass is 10.1. The van der Waals surface area contributed by atoms with Gasteiger partial charge in [0, 0.05) is 31.3 Å². The zero-order valence-electron chi connectivity index (χ0n) is 14.2. The molecule has 0 bridgehead atoms. The minimum absolute atomic E-state index is 0. The molecule has 2 aliphatic heterocycles. The Morgan fingerprint density at radius 2 is 2.00 bits per heavy atom. The van der Waals surface area contributed by atoms with E-state index in [9.17, 15) is 9.59 Å². The first-order valence-electron chi connectivity index (χ1n) is 8.31. The molecule has 2 amide bonds. The monoisotopic (exact) mass is 369 g/mol. The molecular formula is C17H24ClN3O4. The number of halogens is 1. The van der Waals surface area contributed by atoms with E-state index in [1.165, 1.54) is 0 Å². The van der Waals surface area contributed by atoms with E-state index in [1.807, 2.05) is 19.2 Å². The summed E-state index contributed by atoms with van der Waals surface area (Å²) < 4.78 is 11.1. The summed E-state index contributed by atoms with van der Waals surface area (Å²) in [4.78, 5) is 26.2. The Bertz CT molecular complexity index is 626. The van der Waals surface area contributed by atoms with Crippen molar-refractivity contribution in [1.29, 1.82) is 0 Å². The van der Waals surface area contributed by atoms with Crippen molar-refractivity contribution in [3.63, 3.8) is 0 Å². The molecule has 2 N–H and O–H groups in total. The van der Waals surface area contributed by atoms with E-state index in [4.69, 9.17) is 9.47 Å². The topological polar surface area (TPSA) is 79.9 Å². The van der Waals surface area contributed by atoms with Gasteiger partial charge in [0.15, 0.2) is 11.5 Å². The third-order valence-corrected chi connectivity index (χ3v) is 4.24. The molecule has 2 aliphatic rings. The molecule has 2 heterocycles. The number of fused-ring (bicyclic) bond motifs is 1. The van der Waals surface area contributed by atoms with Gasteiger partial charge in [0.25, 0.3) is 0 Å². The second-order valence-corrected chi connectivity index (χ2v) is 5.98. The molecule has 0 aromatic heterocycles. The molecule has 138 valence electrons. The maximum Gasteiger partial charge on any atom is 0.227 e. The van der Waals surface area contributed by atoms with Crippen LogP contribution in [0.25, 0.3) is 0 Å². The van der Waals surface area contributed by atoms with E-state index in [0.717, 1.165) is 18.7 Å². The van der Waals surface area contributed by atoms with Gasteiger partial charge < -0.3 is 25.0 Å². The van der Waals surface area contributed by atoms with Gasteiger partial charge in [0.1, 0.15) is 13.2 Å². The zero-order valence-corrected chi connectivity index (χ0v) is 15.1. The summed E-state index contributed by atoms with van der Waals surface area (Å²) in [6, 6.07) is 5.44. The highest BCUT2D eigenvalue weighted by atomic mass is 35.5. The summed E-state index contributed by atoms with van der Waals surface area (Å²) in [6.07, 6.45) is 1.11. The van der Waals surface area contributed by atoms with E-state index in [-0.39, 0.29) is 36.6 Å². The lowest BCUT2D eigenvalue weighted by molar-refractivity contribution is -0.126. The number of ether oxygens (including phenoxy) is 2. The van der Waals surface area contributed by atoms with Crippen LogP contribution in [0.1, 0.15) is 12.8 Å². The molecule has 0 saturated carbocycles. The highest BCUT2D eigenvalue weighted by Crippen LogP contribution is 2.35. The number of carbonyl (C=O) groups excluding carboxylic acids is 2. The molecule has 8 heteroatoms. The smallest absolute Gasteiger partial charge is 0.227 e. The van der Waals surface area contributed by atoms with Gasteiger partial charge in [-0.1, -0.05) is 0 Å². The highest BCUT2D eigenvalue weighted by molar-refractivity contribution is 6.00. The molecule has 1 fully saturated rings. The number of nitrogens with one attached hydrogen (secondary N) is 2. The molecule has 0 radical (unpaired) electrons. The summed E-state index contributed by atoms with van der Waals surface area (Å²) in [7, 11) is 1.88. The second kappa shape index (κ2) is 8.92. The average molecular weight is 370 g/mol. The summed E-state index contributed by atoms with van der Waals surface area (Å²) in [5.74, 6) is 0.934. The van der Waals surface area contributed by atoms with Crippen molar-refractivity contribution in [2.24, 2.45) is 5.92 Å². The highest BCUT2D eigenvalue weighted by Gasteiger charge is 2.35. The lowest BCUT2D eigenvalue weighted by Gasteiger charge is -2.22. The maximum absolute atomic E-state index is 12.3. The Hall–Kier alpha value is -1.99. The van der Waals surface area contributed by atoms with Crippen LogP contribution < -0.4 is 25.0 Å². The minimum Gasteiger partial charge on any atom is -0.486 e. The summed E-state index contributed by atoms with van der Waals surface area (Å²) in [5.41, 5.74) is 0.745. The van der Waals surface area contributed by atoms with Crippen LogP contribution in [-0.2, 0) is 9.59 Å². The molecule has 1 aromatic carbocycles. The standard InChI is InChI=1S/C17H23N3O4.ClH/c1-18-5-2-6-19-17(22)12-9-16(21)20(11-12)13-3-4-14-15(10-13)24-8-7-23-14;/h3-4,10,12,18H,2,5-9,11H2,1H3,(H,19,22);1H. The minimum atomic E-state index is -0.305. The van der Waals surface area contributed by atoms with E-state index >= 15 is 0 Å². The Balaban J connectivity index is 0.00000225. The van der Waals surface area contributed by atoms with Crippen LogP contribution >= 0.6 is 12.4 Å². The van der Waals surface area contributed by atoms with E-state index < -0.39 is 0 Å². The first-order chi connectivity index (χ1) is 11.7. The summed E-state index contributed by atoms with van der Waals surface area (Å²) in [6.45, 7) is 2.91. The molecule has 7 nitrogen and oxygen atoms in total. The molecule has 25 heavy (non-hydrogen) atoms. The van der Waals surface area contributed by atoms with Crippen LogP contribution in [0.2, 0.25) is 0 Å². The number of hydrogen-bond donors (Lipinski definition) is 2. The van der Waals surface area contributed by atoms with E-state index in [0.29, 0.717) is 37.8 Å². The predicted octanol–water partition coefficient (Wildman–Crippen LogP) is 0.958. The molecule has 1 aromatic rings. The molecule has 3 rings (SSSR count). The van der Waals surface area contributed by atoms with E-state index in [2.05, 4.69) is 10.6 Å². The molecular weight excluding hydrogens is 346 g/mol. The lowest BCUT2D eigenvalue weighted by Crippen LogP contribution is -2.34. The van der Waals surface area contributed by atoms with Gasteiger partial charge in [0.05, 0.1) is 5.92 Å². The fourth-order valence-corrected chi connectivity index (χ4v) is 2.95. The van der Waals surface area contributed by atoms with Crippen molar-refractivity contribution in [2.75, 3.05) is 44.8 Å². The van der Waals surface area contributed by atoms with E-state index in [1.54, 1.807) is 11.0 Å². The van der Waals surface area contributed by atoms with Gasteiger partial charge in [-0.05, 0) is 32.1 Å². The number of rotatable bonds is 6. The van der Waals surface area contributed by atoms with Crippen molar-refractivity contribution in [2.45, 2.75) is 12.8 Å². The van der Waals surface area contributed by atoms with Gasteiger partial charge >= 0.3 is 0 Å². The van der Waals surface area contributed by atoms with Gasteiger partial charge in [-0.3, -0.25) is 9.59 Å². The fraction of sp³-hybridized carbons (Fsp3) is 0.529. The van der Waals surface area contributed by atoms with Crippen molar-refractivity contribution in [3.8, 4) is 11.5 Å². The number of amides is 2. The largest absolute Gasteiger partial charge is 0.486 e. The van der Waals surface area contributed by atoms with Crippen molar-refractivity contribution < 1.29 is 19.1 Å². The molecule has 1 saturated heterocycles. The number of benzene rings is 1. The first kappa shape index (κ1) is 19.3. The normalized spacial score (nSPS) is 18.7. The Kier molecular flexibility index (Phi) is 6.90. The van der Waals surface area contributed by atoms with Crippen molar-refractivity contribution in [1.82, 2.24) is 10.6 Å². The van der Waals surface area contributed by atoms with Crippen LogP contribution in [0.5, 0.6) is 11.5 Å². The molecule has 0 spiro atoms. The first-order valence-corrected chi connectivity index (χ1v) is 8.31. The Morgan fingerprint density at radius 3 is 2.76 bits per heavy atom. The fourth-order valence-electron chi connectivity index (χ4n) is 2.95. The third-order valence-electron chi connectivity index (χ3n) is 4.24. The van der Waals surface area contributed by atoms with Gasteiger partial charge in [-0.2, -0.15) is 0 Å². The summed E-state index contributed by atoms with van der Waals surface area (Å²) >= 11 is 0. The number of nitrogens with zero attached hydrogens (tertiary/aromatic N) is 1. The Morgan fingerprint density at radius 1 is 1.24 bits per heavy atom. The second-order valence-electron chi connectivity index (χ2n) is 5.98.